The van der Waals surface area contributed by atoms with Gasteiger partial charge < -0.3 is 5.32 Å². The summed E-state index contributed by atoms with van der Waals surface area (Å²) in [7, 11) is 0. The number of hydrogen-bond acceptors (Lipinski definition) is 3. The Bertz CT molecular complexity index is 651. The zero-order valence-corrected chi connectivity index (χ0v) is 16.9. The van der Waals surface area contributed by atoms with Crippen LogP contribution in [0.3, 0.4) is 0 Å². The minimum Gasteiger partial charge on any atom is -0.387 e. The molecule has 26 heavy (non-hydrogen) atoms. The lowest BCUT2D eigenvalue weighted by Crippen LogP contribution is -2.57. The molecular weight excluding hydrogens is 322 g/mol. The van der Waals surface area contributed by atoms with Gasteiger partial charge in [0.25, 0.3) is 0 Å². The van der Waals surface area contributed by atoms with Crippen molar-refractivity contribution < 1.29 is 9.59 Å². The van der Waals surface area contributed by atoms with E-state index in [2.05, 4.69) is 33.0 Å². The van der Waals surface area contributed by atoms with E-state index < -0.39 is 0 Å². The quantitative estimate of drug-likeness (QED) is 0.808. The highest BCUT2D eigenvalue weighted by atomic mass is 16.1. The first-order valence-electron chi connectivity index (χ1n) is 10.8. The first-order chi connectivity index (χ1) is 12.3. The Morgan fingerprint density at radius 2 is 1.96 bits per heavy atom. The zero-order chi connectivity index (χ0) is 18.7. The fourth-order valence-corrected chi connectivity index (χ4v) is 7.22. The molecule has 144 valence electrons. The van der Waals surface area contributed by atoms with E-state index in [1.165, 1.54) is 25.0 Å². The highest BCUT2D eigenvalue weighted by Gasteiger charge is 2.60. The van der Waals surface area contributed by atoms with Gasteiger partial charge in [-0.05, 0) is 61.2 Å². The van der Waals surface area contributed by atoms with E-state index >= 15 is 0 Å². The summed E-state index contributed by atoms with van der Waals surface area (Å²) >= 11 is 0. The summed E-state index contributed by atoms with van der Waals surface area (Å²) in [5, 5.41) is 3.65. The summed E-state index contributed by atoms with van der Waals surface area (Å²) in [5.74, 6) is 3.51. The lowest BCUT2D eigenvalue weighted by atomic mass is 9.49. The number of nitrogens with one attached hydrogen (secondary N) is 1. The maximum absolute atomic E-state index is 12.9. The average molecular weight is 358 g/mol. The number of ketones is 2. The topological polar surface area (TPSA) is 46.2 Å². The van der Waals surface area contributed by atoms with Crippen LogP contribution in [0.1, 0.15) is 72.6 Å². The van der Waals surface area contributed by atoms with Crippen molar-refractivity contribution in [1.82, 2.24) is 5.32 Å². The Hall–Kier alpha value is -1.12. The standard InChI is InChI=1S/C23H35NO2/c1-14(2)11-20(26)19-6-5-17-16-13-24-21-12-15(25)7-9-23(21,4)18(16)8-10-22(17,19)3/h12,14,16-19,24H,5-11,13H2,1-4H3/t16?,17?,18?,19-,22+,23-/m1/s1. The Morgan fingerprint density at radius 3 is 2.69 bits per heavy atom. The highest BCUT2D eigenvalue weighted by Crippen LogP contribution is 2.64. The second-order valence-electron chi connectivity index (χ2n) is 10.4. The molecule has 2 saturated carbocycles. The molecule has 0 radical (unpaired) electrons. The van der Waals surface area contributed by atoms with Crippen molar-refractivity contribution in [3.8, 4) is 0 Å². The van der Waals surface area contributed by atoms with Crippen LogP contribution in [-0.4, -0.2) is 18.1 Å². The molecule has 0 aromatic rings. The number of hydrogen-bond donors (Lipinski definition) is 1. The molecule has 1 heterocycles. The van der Waals surface area contributed by atoms with Crippen molar-refractivity contribution in [2.45, 2.75) is 72.6 Å². The van der Waals surface area contributed by atoms with Gasteiger partial charge in [-0.2, -0.15) is 0 Å². The maximum Gasteiger partial charge on any atom is 0.157 e. The predicted molar refractivity (Wildman–Crippen MR) is 103 cm³/mol. The van der Waals surface area contributed by atoms with Gasteiger partial charge in [0.15, 0.2) is 5.78 Å². The molecule has 1 N–H and O–H groups in total. The van der Waals surface area contributed by atoms with E-state index in [-0.39, 0.29) is 22.5 Å². The van der Waals surface area contributed by atoms with Crippen molar-refractivity contribution in [1.29, 1.82) is 0 Å². The van der Waals surface area contributed by atoms with E-state index in [0.29, 0.717) is 35.9 Å². The van der Waals surface area contributed by atoms with Gasteiger partial charge >= 0.3 is 0 Å². The molecular formula is C23H35NO2. The fourth-order valence-electron chi connectivity index (χ4n) is 7.22. The number of allylic oxidation sites excluding steroid dienone is 2. The smallest absolute Gasteiger partial charge is 0.157 e. The van der Waals surface area contributed by atoms with E-state index in [4.69, 9.17) is 0 Å². The monoisotopic (exact) mass is 357 g/mol. The molecule has 3 nitrogen and oxygen atoms in total. The summed E-state index contributed by atoms with van der Waals surface area (Å²) in [5.41, 5.74) is 1.53. The number of piperidine rings is 1. The molecule has 1 aliphatic heterocycles. The molecule has 3 aliphatic carbocycles. The van der Waals surface area contributed by atoms with Crippen LogP contribution in [0.2, 0.25) is 0 Å². The number of fused-ring (bicyclic) bond motifs is 5. The minimum absolute atomic E-state index is 0.137. The number of rotatable bonds is 3. The van der Waals surface area contributed by atoms with Gasteiger partial charge in [-0.25, -0.2) is 0 Å². The van der Waals surface area contributed by atoms with Crippen LogP contribution in [-0.2, 0) is 9.59 Å². The van der Waals surface area contributed by atoms with Gasteiger partial charge in [-0.3, -0.25) is 9.59 Å². The normalized spacial score (nSPS) is 44.7. The molecule has 4 aliphatic rings. The molecule has 3 fully saturated rings. The molecule has 0 amide bonds. The summed E-state index contributed by atoms with van der Waals surface area (Å²) in [6, 6.07) is 0. The summed E-state index contributed by atoms with van der Waals surface area (Å²) < 4.78 is 0. The van der Waals surface area contributed by atoms with Gasteiger partial charge in [0, 0.05) is 42.5 Å². The van der Waals surface area contributed by atoms with E-state index in [1.807, 2.05) is 6.08 Å². The maximum atomic E-state index is 12.9. The third-order valence-corrected chi connectivity index (χ3v) is 8.59. The van der Waals surface area contributed by atoms with E-state index in [1.54, 1.807) is 0 Å². The van der Waals surface area contributed by atoms with Crippen molar-refractivity contribution in [2.75, 3.05) is 6.54 Å². The highest BCUT2D eigenvalue weighted by molar-refractivity contribution is 5.91. The van der Waals surface area contributed by atoms with Crippen LogP contribution in [0, 0.1) is 40.4 Å². The SMILES string of the molecule is CC(C)CC(=O)[C@H]1CCC2C3CNC4=CC(=O)CC[C@]4(C)C3CC[C@@]21C. The molecule has 0 aromatic carbocycles. The predicted octanol–water partition coefficient (Wildman–Crippen LogP) is 4.52. The number of carbonyl (C=O) groups excluding carboxylic acids is 2. The van der Waals surface area contributed by atoms with Crippen LogP contribution < -0.4 is 5.32 Å². The number of carbonyl (C=O) groups is 2. The largest absolute Gasteiger partial charge is 0.387 e. The lowest BCUT2D eigenvalue weighted by molar-refractivity contribution is -0.131. The van der Waals surface area contributed by atoms with Crippen LogP contribution in [0.5, 0.6) is 0 Å². The molecule has 1 saturated heterocycles. The summed E-state index contributed by atoms with van der Waals surface area (Å²) in [4.78, 5) is 24.8. The fraction of sp³-hybridized carbons (Fsp3) is 0.826. The first kappa shape index (κ1) is 18.3. The Kier molecular flexibility index (Phi) is 4.36. The van der Waals surface area contributed by atoms with E-state index in [0.717, 1.165) is 25.8 Å². The summed E-state index contributed by atoms with van der Waals surface area (Å²) in [6.07, 6.45) is 9.02. The van der Waals surface area contributed by atoms with Gasteiger partial charge in [0.05, 0.1) is 0 Å². The molecule has 4 rings (SSSR count). The van der Waals surface area contributed by atoms with Crippen LogP contribution in [0.25, 0.3) is 0 Å². The average Bonchev–Trinajstić information content (AvgIpc) is 2.92. The Morgan fingerprint density at radius 1 is 1.19 bits per heavy atom. The molecule has 3 unspecified atom stereocenters. The Labute approximate surface area is 158 Å². The van der Waals surface area contributed by atoms with Gasteiger partial charge in [0.2, 0.25) is 0 Å². The third kappa shape index (κ3) is 2.60. The third-order valence-electron chi connectivity index (χ3n) is 8.59. The van der Waals surface area contributed by atoms with Gasteiger partial charge in [0.1, 0.15) is 5.78 Å². The minimum atomic E-state index is 0.137. The van der Waals surface area contributed by atoms with Crippen LogP contribution in [0.4, 0.5) is 0 Å². The van der Waals surface area contributed by atoms with Crippen LogP contribution in [0.15, 0.2) is 11.8 Å². The van der Waals surface area contributed by atoms with Crippen LogP contribution >= 0.6 is 0 Å². The molecule has 0 bridgehead atoms. The molecule has 0 spiro atoms. The van der Waals surface area contributed by atoms with Crippen molar-refractivity contribution >= 4 is 11.6 Å². The Balaban J connectivity index is 1.59. The summed E-state index contributed by atoms with van der Waals surface area (Å²) in [6.45, 7) is 10.1. The first-order valence-corrected chi connectivity index (χ1v) is 10.8. The molecule has 0 aromatic heterocycles. The van der Waals surface area contributed by atoms with Crippen molar-refractivity contribution in [2.24, 2.45) is 40.4 Å². The van der Waals surface area contributed by atoms with E-state index in [9.17, 15) is 9.59 Å². The second kappa shape index (κ2) is 6.21. The number of Topliss-reactive ketones (excluding diaryl/α,β-unsaturated/α-hetero) is 1. The molecule has 6 atom stereocenters. The second-order valence-corrected chi connectivity index (χ2v) is 10.4. The van der Waals surface area contributed by atoms with Gasteiger partial charge in [-0.15, -0.1) is 0 Å². The molecule has 3 heteroatoms. The van der Waals surface area contributed by atoms with Crippen molar-refractivity contribution in [3.63, 3.8) is 0 Å². The lowest BCUT2D eigenvalue weighted by Gasteiger charge is -2.58. The zero-order valence-electron chi connectivity index (χ0n) is 16.9. The van der Waals surface area contributed by atoms with Gasteiger partial charge in [-0.1, -0.05) is 27.7 Å². The van der Waals surface area contributed by atoms with Crippen molar-refractivity contribution in [3.05, 3.63) is 11.8 Å².